The number of benzene rings is 1. The van der Waals surface area contributed by atoms with E-state index in [1.54, 1.807) is 14.2 Å². The Bertz CT molecular complexity index is 887. The summed E-state index contributed by atoms with van der Waals surface area (Å²) in [4.78, 5) is 28.2. The summed E-state index contributed by atoms with van der Waals surface area (Å²) in [6, 6.07) is 6.15. The fourth-order valence-electron chi connectivity index (χ4n) is 4.76. The van der Waals surface area contributed by atoms with Crippen molar-refractivity contribution in [2.45, 2.75) is 57.0 Å². The molecule has 2 fully saturated rings. The first-order valence-corrected chi connectivity index (χ1v) is 10.8. The van der Waals surface area contributed by atoms with E-state index in [2.05, 4.69) is 11.4 Å². The minimum atomic E-state index is -0.693. The lowest BCUT2D eigenvalue weighted by atomic mass is 9.77. The Morgan fingerprint density at radius 1 is 1.10 bits per heavy atom. The van der Waals surface area contributed by atoms with Crippen LogP contribution in [-0.2, 0) is 22.6 Å². The van der Waals surface area contributed by atoms with Crippen LogP contribution in [0.3, 0.4) is 0 Å². The summed E-state index contributed by atoms with van der Waals surface area (Å²) >= 11 is 0. The SMILES string of the molecule is COc1cc2c(cc1OC)CN(C(=O)[C@@H]1CCCC[C@H]1C(=O)NC1(C#N)CC1)CC2. The second-order valence-corrected chi connectivity index (χ2v) is 8.67. The Kier molecular flexibility index (Phi) is 5.59. The Morgan fingerprint density at radius 3 is 2.33 bits per heavy atom. The van der Waals surface area contributed by atoms with Gasteiger partial charge in [0.1, 0.15) is 5.54 Å². The van der Waals surface area contributed by atoms with Crippen LogP contribution in [0.1, 0.15) is 49.7 Å². The molecule has 0 spiro atoms. The first kappa shape index (κ1) is 20.5. The van der Waals surface area contributed by atoms with E-state index in [-0.39, 0.29) is 23.7 Å². The molecule has 160 valence electrons. The third-order valence-electron chi connectivity index (χ3n) is 6.78. The van der Waals surface area contributed by atoms with Gasteiger partial charge in [0, 0.05) is 24.9 Å². The van der Waals surface area contributed by atoms with E-state index in [1.807, 2.05) is 17.0 Å². The maximum absolute atomic E-state index is 13.4. The van der Waals surface area contributed by atoms with Crippen LogP contribution in [0, 0.1) is 23.2 Å². The molecule has 2 aliphatic carbocycles. The molecule has 3 aliphatic rings. The van der Waals surface area contributed by atoms with Crippen LogP contribution in [0.15, 0.2) is 12.1 Å². The maximum atomic E-state index is 13.4. The van der Waals surface area contributed by atoms with Crippen molar-refractivity contribution in [1.82, 2.24) is 10.2 Å². The van der Waals surface area contributed by atoms with Crippen LogP contribution in [-0.4, -0.2) is 43.0 Å². The molecule has 1 aromatic rings. The van der Waals surface area contributed by atoms with E-state index >= 15 is 0 Å². The average molecular weight is 412 g/mol. The van der Waals surface area contributed by atoms with Gasteiger partial charge in [0.05, 0.1) is 20.3 Å². The van der Waals surface area contributed by atoms with Crippen LogP contribution in [0.4, 0.5) is 0 Å². The number of methoxy groups -OCH3 is 2. The average Bonchev–Trinajstić information content (AvgIpc) is 3.56. The molecule has 7 heteroatoms. The number of ether oxygens (including phenoxy) is 2. The van der Waals surface area contributed by atoms with Crippen molar-refractivity contribution in [1.29, 1.82) is 5.26 Å². The molecule has 1 aliphatic heterocycles. The lowest BCUT2D eigenvalue weighted by Gasteiger charge is -2.36. The number of nitriles is 1. The second-order valence-electron chi connectivity index (χ2n) is 8.67. The summed E-state index contributed by atoms with van der Waals surface area (Å²) in [5.74, 6) is 0.630. The molecule has 1 N–H and O–H groups in total. The van der Waals surface area contributed by atoms with Gasteiger partial charge in [-0.15, -0.1) is 0 Å². The van der Waals surface area contributed by atoms with Crippen LogP contribution in [0.25, 0.3) is 0 Å². The molecule has 0 aromatic heterocycles. The molecule has 1 heterocycles. The van der Waals surface area contributed by atoms with Gasteiger partial charge >= 0.3 is 0 Å². The first-order chi connectivity index (χ1) is 14.5. The van der Waals surface area contributed by atoms with Gasteiger partial charge in [0.25, 0.3) is 0 Å². The monoisotopic (exact) mass is 411 g/mol. The van der Waals surface area contributed by atoms with Crippen LogP contribution in [0.5, 0.6) is 11.5 Å². The largest absolute Gasteiger partial charge is 0.493 e. The standard InChI is InChI=1S/C23H29N3O4/c1-29-19-11-15-7-10-26(13-16(15)12-20(19)30-2)22(28)18-6-4-3-5-17(18)21(27)25-23(14-24)8-9-23/h11-12,17-18H,3-10,13H2,1-2H3,(H,25,27)/t17-,18-/m1/s1. The molecule has 2 saturated carbocycles. The van der Waals surface area contributed by atoms with Crippen molar-refractivity contribution in [2.24, 2.45) is 11.8 Å². The molecule has 2 amide bonds. The second kappa shape index (κ2) is 8.17. The topological polar surface area (TPSA) is 91.7 Å². The van der Waals surface area contributed by atoms with E-state index in [4.69, 9.17) is 9.47 Å². The van der Waals surface area contributed by atoms with Gasteiger partial charge in [0.2, 0.25) is 11.8 Å². The Labute approximate surface area is 177 Å². The molecule has 2 atom stereocenters. The number of carbonyl (C=O) groups excluding carboxylic acids is 2. The summed E-state index contributed by atoms with van der Waals surface area (Å²) in [5, 5.41) is 12.2. The minimum absolute atomic E-state index is 0.0529. The highest BCUT2D eigenvalue weighted by Crippen LogP contribution is 2.38. The van der Waals surface area contributed by atoms with Gasteiger partial charge in [-0.3, -0.25) is 9.59 Å². The number of nitrogens with one attached hydrogen (secondary N) is 1. The Hall–Kier alpha value is -2.75. The van der Waals surface area contributed by atoms with Gasteiger partial charge in [-0.1, -0.05) is 12.8 Å². The van der Waals surface area contributed by atoms with Crippen molar-refractivity contribution >= 4 is 11.8 Å². The highest BCUT2D eigenvalue weighted by atomic mass is 16.5. The first-order valence-electron chi connectivity index (χ1n) is 10.8. The van der Waals surface area contributed by atoms with E-state index in [0.717, 1.165) is 31.2 Å². The molecular formula is C23H29N3O4. The lowest BCUT2D eigenvalue weighted by molar-refractivity contribution is -0.144. The third-order valence-corrected chi connectivity index (χ3v) is 6.78. The maximum Gasteiger partial charge on any atom is 0.226 e. The van der Waals surface area contributed by atoms with Crippen LogP contribution >= 0.6 is 0 Å². The predicted molar refractivity (Wildman–Crippen MR) is 110 cm³/mol. The third kappa shape index (κ3) is 3.83. The molecule has 4 rings (SSSR count). The number of rotatable bonds is 5. The van der Waals surface area contributed by atoms with Gasteiger partial charge in [-0.05, 0) is 55.4 Å². The van der Waals surface area contributed by atoms with Gasteiger partial charge in [-0.25, -0.2) is 0 Å². The van der Waals surface area contributed by atoms with E-state index in [0.29, 0.717) is 43.9 Å². The summed E-state index contributed by atoms with van der Waals surface area (Å²) in [6.45, 7) is 1.15. The fourth-order valence-corrected chi connectivity index (χ4v) is 4.76. The number of amides is 2. The predicted octanol–water partition coefficient (Wildman–Crippen LogP) is 2.57. The molecule has 1 aromatic carbocycles. The zero-order chi connectivity index (χ0) is 21.3. The fraction of sp³-hybridized carbons (Fsp3) is 0.609. The summed E-state index contributed by atoms with van der Waals surface area (Å²) in [7, 11) is 3.23. The number of carbonyl (C=O) groups is 2. The molecular weight excluding hydrogens is 382 g/mol. The normalized spacial score (nSPS) is 24.2. The van der Waals surface area contributed by atoms with Crippen LogP contribution < -0.4 is 14.8 Å². The van der Waals surface area contributed by atoms with Crippen molar-refractivity contribution in [3.8, 4) is 17.6 Å². The minimum Gasteiger partial charge on any atom is -0.493 e. The molecule has 7 nitrogen and oxygen atoms in total. The van der Waals surface area contributed by atoms with Crippen LogP contribution in [0.2, 0.25) is 0 Å². The highest BCUT2D eigenvalue weighted by molar-refractivity contribution is 5.89. The van der Waals surface area contributed by atoms with Gasteiger partial charge in [0.15, 0.2) is 11.5 Å². The Balaban J connectivity index is 1.49. The van der Waals surface area contributed by atoms with Crippen molar-refractivity contribution < 1.29 is 19.1 Å². The van der Waals surface area contributed by atoms with Gasteiger partial charge < -0.3 is 19.7 Å². The molecule has 0 bridgehead atoms. The van der Waals surface area contributed by atoms with E-state index < -0.39 is 5.54 Å². The van der Waals surface area contributed by atoms with Crippen molar-refractivity contribution in [2.75, 3.05) is 20.8 Å². The smallest absolute Gasteiger partial charge is 0.226 e. The molecule has 0 unspecified atom stereocenters. The number of fused-ring (bicyclic) bond motifs is 1. The summed E-state index contributed by atoms with van der Waals surface area (Å²) in [6.07, 6.45) is 5.50. The quantitative estimate of drug-likeness (QED) is 0.804. The van der Waals surface area contributed by atoms with Crippen molar-refractivity contribution in [3.05, 3.63) is 23.3 Å². The van der Waals surface area contributed by atoms with Crippen molar-refractivity contribution in [3.63, 3.8) is 0 Å². The Morgan fingerprint density at radius 2 is 1.73 bits per heavy atom. The molecule has 30 heavy (non-hydrogen) atoms. The number of hydrogen-bond acceptors (Lipinski definition) is 5. The number of hydrogen-bond donors (Lipinski definition) is 1. The zero-order valence-electron chi connectivity index (χ0n) is 17.7. The van der Waals surface area contributed by atoms with Gasteiger partial charge in [-0.2, -0.15) is 5.26 Å². The van der Waals surface area contributed by atoms with E-state index in [1.165, 1.54) is 5.56 Å². The highest BCUT2D eigenvalue weighted by Gasteiger charge is 2.47. The molecule has 0 saturated heterocycles. The molecule has 0 radical (unpaired) electrons. The summed E-state index contributed by atoms with van der Waals surface area (Å²) < 4.78 is 10.8. The van der Waals surface area contributed by atoms with E-state index in [9.17, 15) is 14.9 Å². The zero-order valence-corrected chi connectivity index (χ0v) is 17.7. The lowest BCUT2D eigenvalue weighted by Crippen LogP contribution is -2.48. The summed E-state index contributed by atoms with van der Waals surface area (Å²) in [5.41, 5.74) is 1.53. The number of nitrogens with zero attached hydrogens (tertiary/aromatic N) is 2.